The maximum atomic E-state index is 13.0. The van der Waals surface area contributed by atoms with Gasteiger partial charge in [0.15, 0.2) is 0 Å². The number of pyridine rings is 1. The zero-order valence-corrected chi connectivity index (χ0v) is 13.1. The van der Waals surface area contributed by atoms with E-state index in [-0.39, 0.29) is 11.9 Å². The highest BCUT2D eigenvalue weighted by Gasteiger charge is 2.10. The van der Waals surface area contributed by atoms with Crippen LogP contribution in [0.5, 0.6) is 0 Å². The van der Waals surface area contributed by atoms with Crippen LogP contribution in [0.3, 0.4) is 0 Å². The summed E-state index contributed by atoms with van der Waals surface area (Å²) < 4.78 is 20.4. The Morgan fingerprint density at radius 2 is 2.00 bits per heavy atom. The molecule has 4 nitrogen and oxygen atoms in total. The minimum atomic E-state index is -0.339. The molecule has 0 aliphatic carbocycles. The third-order valence-corrected chi connectivity index (χ3v) is 3.72. The molecule has 0 saturated heterocycles. The molecule has 2 aromatic heterocycles. The van der Waals surface area contributed by atoms with E-state index < -0.39 is 0 Å². The molecule has 23 heavy (non-hydrogen) atoms. The van der Waals surface area contributed by atoms with Crippen molar-refractivity contribution in [2.24, 2.45) is 0 Å². The van der Waals surface area contributed by atoms with Crippen LogP contribution < -0.4 is 0 Å². The average molecular weight is 311 g/mol. The first-order chi connectivity index (χ1) is 11.2. The molecule has 0 fully saturated rings. The molecule has 0 bridgehead atoms. The van der Waals surface area contributed by atoms with Crippen molar-refractivity contribution in [3.05, 3.63) is 60.8 Å². The van der Waals surface area contributed by atoms with Gasteiger partial charge in [-0.15, -0.1) is 0 Å². The van der Waals surface area contributed by atoms with Crippen LogP contribution >= 0.6 is 0 Å². The quantitative estimate of drug-likeness (QED) is 0.720. The molecule has 5 heteroatoms. The molecule has 0 saturated carbocycles. The number of benzene rings is 1. The second-order valence-electron chi connectivity index (χ2n) is 5.39. The van der Waals surface area contributed by atoms with E-state index in [1.165, 1.54) is 12.3 Å². The Kier molecular flexibility index (Phi) is 4.48. The third-order valence-electron chi connectivity index (χ3n) is 3.72. The SMILES string of the molecule is COC(C)Cn1ccnc1-c1cccc(-c2ccc(F)cn2)c1. The zero-order valence-electron chi connectivity index (χ0n) is 13.1. The minimum Gasteiger partial charge on any atom is -0.380 e. The van der Waals surface area contributed by atoms with Gasteiger partial charge in [0.05, 0.1) is 24.5 Å². The van der Waals surface area contributed by atoms with Gasteiger partial charge in [0.25, 0.3) is 0 Å². The first kappa shape index (κ1) is 15.4. The fourth-order valence-electron chi connectivity index (χ4n) is 2.43. The van der Waals surface area contributed by atoms with Crippen molar-refractivity contribution in [2.45, 2.75) is 19.6 Å². The van der Waals surface area contributed by atoms with Crippen LogP contribution in [0.25, 0.3) is 22.6 Å². The molecule has 1 aromatic carbocycles. The van der Waals surface area contributed by atoms with Gasteiger partial charge in [-0.3, -0.25) is 4.98 Å². The Morgan fingerprint density at radius 3 is 2.74 bits per heavy atom. The molecule has 0 spiro atoms. The minimum absolute atomic E-state index is 0.102. The van der Waals surface area contributed by atoms with Gasteiger partial charge >= 0.3 is 0 Å². The van der Waals surface area contributed by atoms with Gasteiger partial charge in [-0.1, -0.05) is 18.2 Å². The monoisotopic (exact) mass is 311 g/mol. The largest absolute Gasteiger partial charge is 0.380 e. The maximum Gasteiger partial charge on any atom is 0.141 e. The van der Waals surface area contributed by atoms with Crippen LogP contribution in [0.1, 0.15) is 6.92 Å². The summed E-state index contributed by atoms with van der Waals surface area (Å²) in [5, 5.41) is 0. The number of rotatable bonds is 5. The van der Waals surface area contributed by atoms with Gasteiger partial charge in [-0.05, 0) is 25.1 Å². The fraction of sp³-hybridized carbons (Fsp3) is 0.222. The topological polar surface area (TPSA) is 39.9 Å². The summed E-state index contributed by atoms with van der Waals surface area (Å²) in [6.07, 6.45) is 5.04. The lowest BCUT2D eigenvalue weighted by molar-refractivity contribution is 0.103. The number of hydrogen-bond donors (Lipinski definition) is 0. The predicted molar refractivity (Wildman–Crippen MR) is 87.3 cm³/mol. The standard InChI is InChI=1S/C18H18FN3O/c1-13(23-2)12-22-9-8-20-18(22)15-5-3-4-14(10-15)17-7-6-16(19)11-21-17/h3-11,13H,12H2,1-2H3. The van der Waals surface area contributed by atoms with Crippen LogP contribution in [-0.2, 0) is 11.3 Å². The average Bonchev–Trinajstić information content (AvgIpc) is 3.03. The van der Waals surface area contributed by atoms with Crippen molar-refractivity contribution in [3.63, 3.8) is 0 Å². The lowest BCUT2D eigenvalue weighted by Crippen LogP contribution is -2.14. The Bertz CT molecular complexity index is 783. The van der Waals surface area contributed by atoms with E-state index in [1.54, 1.807) is 19.4 Å². The van der Waals surface area contributed by atoms with Gasteiger partial charge in [0.2, 0.25) is 0 Å². The number of hydrogen-bond acceptors (Lipinski definition) is 3. The first-order valence-electron chi connectivity index (χ1n) is 7.43. The van der Waals surface area contributed by atoms with Gasteiger partial charge in [-0.2, -0.15) is 0 Å². The van der Waals surface area contributed by atoms with Crippen LogP contribution in [0.2, 0.25) is 0 Å². The number of halogens is 1. The highest BCUT2D eigenvalue weighted by atomic mass is 19.1. The summed E-state index contributed by atoms with van der Waals surface area (Å²) in [5.41, 5.74) is 2.65. The van der Waals surface area contributed by atoms with Crippen LogP contribution in [-0.4, -0.2) is 27.7 Å². The van der Waals surface area contributed by atoms with Crippen molar-refractivity contribution < 1.29 is 9.13 Å². The number of methoxy groups -OCH3 is 1. The summed E-state index contributed by atoms with van der Waals surface area (Å²) in [6, 6.07) is 11.0. The van der Waals surface area contributed by atoms with Gasteiger partial charge in [0, 0.05) is 30.6 Å². The van der Waals surface area contributed by atoms with E-state index in [0.717, 1.165) is 29.2 Å². The summed E-state index contributed by atoms with van der Waals surface area (Å²) in [5.74, 6) is 0.534. The molecule has 1 atom stereocenters. The predicted octanol–water partition coefficient (Wildman–Crippen LogP) is 3.79. The Balaban J connectivity index is 1.94. The molecule has 0 aliphatic heterocycles. The smallest absolute Gasteiger partial charge is 0.141 e. The van der Waals surface area contributed by atoms with E-state index in [2.05, 4.69) is 14.5 Å². The summed E-state index contributed by atoms with van der Waals surface area (Å²) in [6.45, 7) is 2.74. The Morgan fingerprint density at radius 1 is 1.17 bits per heavy atom. The van der Waals surface area contributed by atoms with Crippen molar-refractivity contribution >= 4 is 0 Å². The molecule has 3 rings (SSSR count). The number of nitrogens with zero attached hydrogens (tertiary/aromatic N) is 3. The highest BCUT2D eigenvalue weighted by Crippen LogP contribution is 2.24. The molecule has 3 aromatic rings. The lowest BCUT2D eigenvalue weighted by Gasteiger charge is -2.13. The number of imidazole rings is 1. The molecular formula is C18H18FN3O. The Labute approximate surface area is 134 Å². The van der Waals surface area contributed by atoms with Crippen LogP contribution in [0.4, 0.5) is 4.39 Å². The molecule has 0 radical (unpaired) electrons. The maximum absolute atomic E-state index is 13.0. The third kappa shape index (κ3) is 3.46. The van der Waals surface area contributed by atoms with E-state index in [4.69, 9.17) is 4.74 Å². The lowest BCUT2D eigenvalue weighted by atomic mass is 10.1. The second-order valence-corrected chi connectivity index (χ2v) is 5.39. The van der Waals surface area contributed by atoms with Crippen molar-refractivity contribution in [1.82, 2.24) is 14.5 Å². The van der Waals surface area contributed by atoms with E-state index >= 15 is 0 Å². The molecule has 118 valence electrons. The summed E-state index contributed by atoms with van der Waals surface area (Å²) in [4.78, 5) is 8.58. The number of aromatic nitrogens is 3. The van der Waals surface area contributed by atoms with Gasteiger partial charge in [-0.25, -0.2) is 9.37 Å². The van der Waals surface area contributed by atoms with Crippen molar-refractivity contribution in [1.29, 1.82) is 0 Å². The molecular weight excluding hydrogens is 293 g/mol. The van der Waals surface area contributed by atoms with Gasteiger partial charge < -0.3 is 9.30 Å². The number of ether oxygens (including phenoxy) is 1. The van der Waals surface area contributed by atoms with E-state index in [0.29, 0.717) is 0 Å². The van der Waals surface area contributed by atoms with Crippen molar-refractivity contribution in [3.8, 4) is 22.6 Å². The molecule has 0 amide bonds. The highest BCUT2D eigenvalue weighted by molar-refractivity contribution is 5.68. The van der Waals surface area contributed by atoms with E-state index in [1.807, 2.05) is 37.4 Å². The normalized spacial score (nSPS) is 12.3. The van der Waals surface area contributed by atoms with Gasteiger partial charge in [0.1, 0.15) is 11.6 Å². The van der Waals surface area contributed by atoms with Crippen molar-refractivity contribution in [2.75, 3.05) is 7.11 Å². The first-order valence-corrected chi connectivity index (χ1v) is 7.43. The van der Waals surface area contributed by atoms with Crippen LogP contribution in [0.15, 0.2) is 55.0 Å². The second kappa shape index (κ2) is 6.71. The molecule has 2 heterocycles. The molecule has 1 unspecified atom stereocenters. The zero-order chi connectivity index (χ0) is 16.2. The fourth-order valence-corrected chi connectivity index (χ4v) is 2.43. The molecule has 0 N–H and O–H groups in total. The molecule has 0 aliphatic rings. The summed E-state index contributed by atoms with van der Waals surface area (Å²) >= 11 is 0. The Hall–Kier alpha value is -2.53. The van der Waals surface area contributed by atoms with Crippen LogP contribution in [0, 0.1) is 5.82 Å². The van der Waals surface area contributed by atoms with E-state index in [9.17, 15) is 4.39 Å². The summed E-state index contributed by atoms with van der Waals surface area (Å²) in [7, 11) is 1.70.